The van der Waals surface area contributed by atoms with Gasteiger partial charge in [0.15, 0.2) is 0 Å². The van der Waals surface area contributed by atoms with Crippen LogP contribution in [-0.4, -0.2) is 25.2 Å². The smallest absolute Gasteiger partial charge is 0.0369 e. The summed E-state index contributed by atoms with van der Waals surface area (Å²) in [5.41, 5.74) is 4.21. The number of nitrogens with zero attached hydrogens (tertiary/aromatic N) is 1. The van der Waals surface area contributed by atoms with Crippen molar-refractivity contribution < 1.29 is 0 Å². The Morgan fingerprint density at radius 2 is 1.73 bits per heavy atom. The van der Waals surface area contributed by atoms with Crippen molar-refractivity contribution in [2.24, 2.45) is 5.92 Å². The zero-order valence-electron chi connectivity index (χ0n) is 14.6. The molecule has 1 saturated carbocycles. The third kappa shape index (κ3) is 3.84. The molecule has 1 aliphatic carbocycles. The van der Waals surface area contributed by atoms with Crippen LogP contribution in [0.1, 0.15) is 56.6 Å². The van der Waals surface area contributed by atoms with E-state index in [-0.39, 0.29) is 0 Å². The number of aryl methyl sites for hydroxylation is 2. The maximum atomic E-state index is 3.97. The molecule has 2 unspecified atom stereocenters. The molecule has 1 aromatic rings. The van der Waals surface area contributed by atoms with Gasteiger partial charge in [-0.1, -0.05) is 32.3 Å². The third-order valence-electron chi connectivity index (χ3n) is 5.59. The van der Waals surface area contributed by atoms with E-state index in [1.807, 2.05) is 0 Å². The van der Waals surface area contributed by atoms with E-state index in [1.165, 1.54) is 68.4 Å². The highest BCUT2D eigenvalue weighted by atomic mass is 15.2. The molecule has 1 saturated heterocycles. The molecular formula is C20H32N2. The third-order valence-corrected chi connectivity index (χ3v) is 5.59. The van der Waals surface area contributed by atoms with Gasteiger partial charge in [-0.2, -0.15) is 0 Å². The highest BCUT2D eigenvalue weighted by molar-refractivity contribution is 5.51. The summed E-state index contributed by atoms with van der Waals surface area (Å²) >= 11 is 0. The molecule has 0 bridgehead atoms. The minimum atomic E-state index is 0.661. The van der Waals surface area contributed by atoms with Gasteiger partial charge in [0, 0.05) is 30.9 Å². The van der Waals surface area contributed by atoms with Crippen LogP contribution in [0.5, 0.6) is 0 Å². The molecule has 0 amide bonds. The molecule has 0 spiro atoms. The van der Waals surface area contributed by atoms with Gasteiger partial charge in [0.1, 0.15) is 0 Å². The van der Waals surface area contributed by atoms with Crippen molar-refractivity contribution >= 4 is 5.69 Å². The van der Waals surface area contributed by atoms with Crippen molar-refractivity contribution in [2.75, 3.05) is 18.0 Å². The first-order valence-electron chi connectivity index (χ1n) is 9.20. The first-order chi connectivity index (χ1) is 10.6. The fourth-order valence-electron chi connectivity index (χ4n) is 4.21. The summed E-state index contributed by atoms with van der Waals surface area (Å²) in [5.74, 6) is 0.774. The lowest BCUT2D eigenvalue weighted by molar-refractivity contribution is 0.285. The zero-order valence-corrected chi connectivity index (χ0v) is 14.6. The largest absolute Gasteiger partial charge is 0.370 e. The van der Waals surface area contributed by atoms with Crippen LogP contribution in [0.25, 0.3) is 0 Å². The number of hydrogen-bond donors (Lipinski definition) is 1. The maximum absolute atomic E-state index is 3.97. The monoisotopic (exact) mass is 300 g/mol. The van der Waals surface area contributed by atoms with Gasteiger partial charge in [-0.15, -0.1) is 0 Å². The fourth-order valence-corrected chi connectivity index (χ4v) is 4.21. The van der Waals surface area contributed by atoms with Crippen molar-refractivity contribution in [3.05, 3.63) is 29.3 Å². The van der Waals surface area contributed by atoms with Gasteiger partial charge in [0.2, 0.25) is 0 Å². The van der Waals surface area contributed by atoms with Crippen LogP contribution in [0.2, 0.25) is 0 Å². The number of nitrogens with one attached hydrogen (secondary N) is 1. The van der Waals surface area contributed by atoms with Crippen molar-refractivity contribution in [1.82, 2.24) is 5.32 Å². The topological polar surface area (TPSA) is 15.3 Å². The van der Waals surface area contributed by atoms with E-state index < -0.39 is 0 Å². The molecule has 2 atom stereocenters. The molecule has 2 fully saturated rings. The molecule has 122 valence electrons. The summed E-state index contributed by atoms with van der Waals surface area (Å²) in [6.07, 6.45) is 8.37. The Hall–Kier alpha value is -1.02. The molecule has 2 aliphatic rings. The van der Waals surface area contributed by atoms with Gasteiger partial charge in [0.25, 0.3) is 0 Å². The molecule has 0 aromatic heterocycles. The van der Waals surface area contributed by atoms with E-state index >= 15 is 0 Å². The first-order valence-corrected chi connectivity index (χ1v) is 9.20. The Kier molecular flexibility index (Phi) is 5.07. The van der Waals surface area contributed by atoms with E-state index in [2.05, 4.69) is 49.2 Å². The molecule has 1 aliphatic heterocycles. The van der Waals surface area contributed by atoms with Crippen LogP contribution in [0.3, 0.4) is 0 Å². The second-order valence-electron chi connectivity index (χ2n) is 7.71. The van der Waals surface area contributed by atoms with Crippen molar-refractivity contribution in [3.8, 4) is 0 Å². The number of anilines is 1. The molecule has 1 N–H and O–H groups in total. The highest BCUT2D eigenvalue weighted by Gasteiger charge is 2.27. The van der Waals surface area contributed by atoms with E-state index in [0.29, 0.717) is 6.04 Å². The SMILES string of the molecule is Cc1ccc(N2CC(C)CC(NC3CCCCC3)C2)cc1C. The Bertz CT molecular complexity index is 490. The van der Waals surface area contributed by atoms with Gasteiger partial charge in [-0.25, -0.2) is 0 Å². The van der Waals surface area contributed by atoms with Crippen molar-refractivity contribution in [3.63, 3.8) is 0 Å². The second-order valence-corrected chi connectivity index (χ2v) is 7.71. The Morgan fingerprint density at radius 3 is 2.45 bits per heavy atom. The van der Waals surface area contributed by atoms with Gasteiger partial charge in [-0.05, 0) is 62.3 Å². The molecule has 1 aromatic carbocycles. The minimum Gasteiger partial charge on any atom is -0.370 e. The van der Waals surface area contributed by atoms with E-state index in [0.717, 1.165) is 12.0 Å². The summed E-state index contributed by atoms with van der Waals surface area (Å²) in [7, 11) is 0. The lowest BCUT2D eigenvalue weighted by atomic mass is 9.91. The maximum Gasteiger partial charge on any atom is 0.0369 e. The van der Waals surface area contributed by atoms with Crippen LogP contribution in [0.4, 0.5) is 5.69 Å². The molecule has 2 nitrogen and oxygen atoms in total. The summed E-state index contributed by atoms with van der Waals surface area (Å²) in [5, 5.41) is 3.97. The second kappa shape index (κ2) is 7.04. The van der Waals surface area contributed by atoms with Crippen molar-refractivity contribution in [1.29, 1.82) is 0 Å². The number of rotatable bonds is 3. The molecule has 3 rings (SSSR count). The lowest BCUT2D eigenvalue weighted by Gasteiger charge is -2.40. The Labute approximate surface area is 136 Å². The van der Waals surface area contributed by atoms with E-state index in [9.17, 15) is 0 Å². The van der Waals surface area contributed by atoms with Gasteiger partial charge in [0.05, 0.1) is 0 Å². The number of hydrogen-bond acceptors (Lipinski definition) is 2. The molecule has 0 radical (unpaired) electrons. The Balaban J connectivity index is 1.65. The number of piperidine rings is 1. The Morgan fingerprint density at radius 1 is 0.955 bits per heavy atom. The lowest BCUT2D eigenvalue weighted by Crippen LogP contribution is -2.52. The predicted octanol–water partition coefficient (Wildman–Crippen LogP) is 4.44. The standard InChI is InChI=1S/C20H32N2/c1-15-11-19(21-18-7-5-4-6-8-18)14-22(13-15)20-10-9-16(2)17(3)12-20/h9-10,12,15,18-19,21H,4-8,11,13-14H2,1-3H3. The quantitative estimate of drug-likeness (QED) is 0.887. The summed E-state index contributed by atoms with van der Waals surface area (Å²) in [4.78, 5) is 2.60. The normalized spacial score (nSPS) is 27.1. The molecule has 1 heterocycles. The average molecular weight is 300 g/mol. The van der Waals surface area contributed by atoms with Crippen LogP contribution in [0.15, 0.2) is 18.2 Å². The van der Waals surface area contributed by atoms with Crippen LogP contribution < -0.4 is 10.2 Å². The zero-order chi connectivity index (χ0) is 15.5. The summed E-state index contributed by atoms with van der Waals surface area (Å²) in [6.45, 7) is 9.20. The molecular weight excluding hydrogens is 268 g/mol. The van der Waals surface area contributed by atoms with Crippen molar-refractivity contribution in [2.45, 2.75) is 71.4 Å². The average Bonchev–Trinajstić information content (AvgIpc) is 2.50. The molecule has 22 heavy (non-hydrogen) atoms. The van der Waals surface area contributed by atoms with Crippen LogP contribution >= 0.6 is 0 Å². The fraction of sp³-hybridized carbons (Fsp3) is 0.700. The van der Waals surface area contributed by atoms with Gasteiger partial charge in [-0.3, -0.25) is 0 Å². The first kappa shape index (κ1) is 15.9. The van der Waals surface area contributed by atoms with Gasteiger partial charge < -0.3 is 10.2 Å². The summed E-state index contributed by atoms with van der Waals surface area (Å²) < 4.78 is 0. The van der Waals surface area contributed by atoms with Crippen LogP contribution in [0, 0.1) is 19.8 Å². The van der Waals surface area contributed by atoms with Crippen LogP contribution in [-0.2, 0) is 0 Å². The predicted molar refractivity (Wildman–Crippen MR) is 95.7 cm³/mol. The summed E-state index contributed by atoms with van der Waals surface area (Å²) in [6, 6.07) is 8.37. The minimum absolute atomic E-state index is 0.661. The van der Waals surface area contributed by atoms with Gasteiger partial charge >= 0.3 is 0 Å². The van der Waals surface area contributed by atoms with E-state index in [4.69, 9.17) is 0 Å². The highest BCUT2D eigenvalue weighted by Crippen LogP contribution is 2.26. The van der Waals surface area contributed by atoms with E-state index in [1.54, 1.807) is 0 Å². The molecule has 2 heteroatoms. The number of benzene rings is 1.